The molecule has 0 atom stereocenters. The number of aryl methyl sites for hydroxylation is 1. The Morgan fingerprint density at radius 2 is 2.08 bits per heavy atom. The monoisotopic (exact) mass is 176 g/mol. The number of hydrogen-bond donors (Lipinski definition) is 0. The molecule has 0 aliphatic heterocycles. The summed E-state index contributed by atoms with van der Waals surface area (Å²) >= 11 is 0. The van der Waals surface area contributed by atoms with E-state index in [1.807, 2.05) is 6.07 Å². The molecule has 4 heteroatoms. The minimum absolute atomic E-state index is 0.311. The summed E-state index contributed by atoms with van der Waals surface area (Å²) < 4.78 is 0. The first kappa shape index (κ1) is 9.46. The van der Waals surface area contributed by atoms with Gasteiger partial charge in [0.2, 0.25) is 5.95 Å². The molecule has 0 radical (unpaired) electrons. The number of nitrogens with zero attached hydrogens (tertiary/aromatic N) is 4. The first-order valence-corrected chi connectivity index (χ1v) is 4.17. The summed E-state index contributed by atoms with van der Waals surface area (Å²) in [4.78, 5) is 9.97. The summed E-state index contributed by atoms with van der Waals surface area (Å²) in [6.45, 7) is 2.36. The van der Waals surface area contributed by atoms with Crippen LogP contribution in [0.1, 0.15) is 12.5 Å². The Morgan fingerprint density at radius 1 is 1.46 bits per heavy atom. The highest BCUT2D eigenvalue weighted by Gasteiger charge is 2.01. The number of hydrogen-bond acceptors (Lipinski definition) is 4. The molecule has 0 saturated heterocycles. The smallest absolute Gasteiger partial charge is 0.225 e. The van der Waals surface area contributed by atoms with Crippen molar-refractivity contribution in [3.8, 4) is 6.07 Å². The van der Waals surface area contributed by atoms with Gasteiger partial charge < -0.3 is 4.90 Å². The highest BCUT2D eigenvalue weighted by molar-refractivity contribution is 5.29. The van der Waals surface area contributed by atoms with Crippen LogP contribution in [0.15, 0.2) is 12.4 Å². The van der Waals surface area contributed by atoms with Crippen molar-refractivity contribution in [3.05, 3.63) is 18.0 Å². The van der Waals surface area contributed by atoms with E-state index < -0.39 is 0 Å². The van der Waals surface area contributed by atoms with E-state index in [1.165, 1.54) is 0 Å². The molecule has 0 spiro atoms. The van der Waals surface area contributed by atoms with Gasteiger partial charge >= 0.3 is 0 Å². The molecule has 13 heavy (non-hydrogen) atoms. The number of rotatable bonds is 3. The van der Waals surface area contributed by atoms with Gasteiger partial charge in [-0.1, -0.05) is 6.92 Å². The van der Waals surface area contributed by atoms with Crippen LogP contribution >= 0.6 is 0 Å². The summed E-state index contributed by atoms with van der Waals surface area (Å²) in [5.41, 5.74) is 1.11. The average molecular weight is 176 g/mol. The lowest BCUT2D eigenvalue weighted by Gasteiger charge is -2.11. The molecule has 1 aromatic rings. The van der Waals surface area contributed by atoms with Gasteiger partial charge in [0.25, 0.3) is 0 Å². The summed E-state index contributed by atoms with van der Waals surface area (Å²) in [6, 6.07) is 2.04. The quantitative estimate of drug-likeness (QED) is 0.645. The fourth-order valence-electron chi connectivity index (χ4n) is 0.904. The van der Waals surface area contributed by atoms with Gasteiger partial charge in [0.05, 0.1) is 6.07 Å². The van der Waals surface area contributed by atoms with Gasteiger partial charge in [-0.25, -0.2) is 9.97 Å². The van der Waals surface area contributed by atoms with Crippen LogP contribution < -0.4 is 4.90 Å². The van der Waals surface area contributed by atoms with Crippen LogP contribution in [0.3, 0.4) is 0 Å². The van der Waals surface area contributed by atoms with Crippen molar-refractivity contribution >= 4 is 5.95 Å². The maximum atomic E-state index is 8.45. The van der Waals surface area contributed by atoms with Crippen molar-refractivity contribution in [2.75, 3.05) is 18.5 Å². The molecule has 0 aromatic carbocycles. The molecule has 0 aliphatic rings. The van der Waals surface area contributed by atoms with Crippen LogP contribution in [0.25, 0.3) is 0 Å². The van der Waals surface area contributed by atoms with Crippen molar-refractivity contribution in [1.29, 1.82) is 5.26 Å². The molecular formula is C9H12N4. The Morgan fingerprint density at radius 3 is 2.54 bits per heavy atom. The van der Waals surface area contributed by atoms with E-state index in [0.717, 1.165) is 12.0 Å². The Labute approximate surface area is 77.8 Å². The van der Waals surface area contributed by atoms with Crippen LogP contribution in [-0.2, 0) is 6.42 Å². The molecule has 0 saturated carbocycles. The maximum absolute atomic E-state index is 8.45. The van der Waals surface area contributed by atoms with E-state index in [0.29, 0.717) is 12.5 Å². The predicted molar refractivity (Wildman–Crippen MR) is 50.3 cm³/mol. The van der Waals surface area contributed by atoms with Crippen LogP contribution in [0.4, 0.5) is 5.95 Å². The topological polar surface area (TPSA) is 52.8 Å². The molecule has 0 fully saturated rings. The fourth-order valence-corrected chi connectivity index (χ4v) is 0.904. The second-order valence-electron chi connectivity index (χ2n) is 2.76. The minimum Gasteiger partial charge on any atom is -0.331 e. The first-order valence-electron chi connectivity index (χ1n) is 4.17. The molecule has 1 rings (SSSR count). The average Bonchev–Trinajstić information content (AvgIpc) is 2.18. The highest BCUT2D eigenvalue weighted by Crippen LogP contribution is 2.04. The number of anilines is 1. The van der Waals surface area contributed by atoms with Gasteiger partial charge in [0.1, 0.15) is 6.54 Å². The van der Waals surface area contributed by atoms with Crippen molar-refractivity contribution in [3.63, 3.8) is 0 Å². The first-order chi connectivity index (χ1) is 6.27. The normalized spacial score (nSPS) is 9.31. The molecule has 68 valence electrons. The van der Waals surface area contributed by atoms with E-state index in [1.54, 1.807) is 24.3 Å². The summed E-state index contributed by atoms with van der Waals surface area (Å²) in [5.74, 6) is 0.596. The Balaban J connectivity index is 2.74. The van der Waals surface area contributed by atoms with Gasteiger partial charge in [-0.05, 0) is 12.0 Å². The third kappa shape index (κ3) is 2.41. The lowest BCUT2D eigenvalue weighted by atomic mass is 10.3. The standard InChI is InChI=1S/C9H12N4/c1-3-8-6-11-9(12-7-8)13(2)5-4-10/h6-7H,3,5H2,1-2H3. The Bertz CT molecular complexity index is 298. The number of aromatic nitrogens is 2. The fraction of sp³-hybridized carbons (Fsp3) is 0.444. The van der Waals surface area contributed by atoms with Gasteiger partial charge in [-0.15, -0.1) is 0 Å². The SMILES string of the molecule is CCc1cnc(N(C)CC#N)nc1. The van der Waals surface area contributed by atoms with Crippen molar-refractivity contribution in [2.24, 2.45) is 0 Å². The lowest BCUT2D eigenvalue weighted by molar-refractivity contribution is 0.929. The summed E-state index contributed by atoms with van der Waals surface area (Å²) in [6.07, 6.45) is 4.51. The second kappa shape index (κ2) is 4.41. The van der Waals surface area contributed by atoms with Gasteiger partial charge in [-0.2, -0.15) is 5.26 Å². The molecule has 1 heterocycles. The molecule has 0 amide bonds. The maximum Gasteiger partial charge on any atom is 0.225 e. The van der Waals surface area contributed by atoms with Crippen molar-refractivity contribution in [2.45, 2.75) is 13.3 Å². The number of nitriles is 1. The summed E-state index contributed by atoms with van der Waals surface area (Å²) in [7, 11) is 1.80. The van der Waals surface area contributed by atoms with Crippen molar-refractivity contribution < 1.29 is 0 Å². The van der Waals surface area contributed by atoms with Gasteiger partial charge in [0, 0.05) is 19.4 Å². The third-order valence-corrected chi connectivity index (χ3v) is 1.75. The molecular weight excluding hydrogens is 164 g/mol. The molecule has 0 aliphatic carbocycles. The largest absolute Gasteiger partial charge is 0.331 e. The van der Waals surface area contributed by atoms with Crippen LogP contribution in [0.2, 0.25) is 0 Å². The zero-order valence-electron chi connectivity index (χ0n) is 7.86. The van der Waals surface area contributed by atoms with E-state index in [-0.39, 0.29) is 0 Å². The Hall–Kier alpha value is -1.63. The molecule has 0 N–H and O–H groups in total. The lowest BCUT2D eigenvalue weighted by Crippen LogP contribution is -2.19. The van der Waals surface area contributed by atoms with E-state index in [2.05, 4.69) is 16.9 Å². The molecule has 4 nitrogen and oxygen atoms in total. The zero-order valence-corrected chi connectivity index (χ0v) is 7.86. The third-order valence-electron chi connectivity index (χ3n) is 1.75. The summed E-state index contributed by atoms with van der Waals surface area (Å²) in [5, 5.41) is 8.45. The van der Waals surface area contributed by atoms with E-state index >= 15 is 0 Å². The molecule has 0 unspecified atom stereocenters. The van der Waals surface area contributed by atoms with Crippen molar-refractivity contribution in [1.82, 2.24) is 9.97 Å². The Kier molecular flexibility index (Phi) is 3.21. The van der Waals surface area contributed by atoms with Gasteiger partial charge in [0.15, 0.2) is 0 Å². The van der Waals surface area contributed by atoms with E-state index in [9.17, 15) is 0 Å². The zero-order chi connectivity index (χ0) is 9.68. The van der Waals surface area contributed by atoms with Crippen LogP contribution in [0.5, 0.6) is 0 Å². The molecule has 1 aromatic heterocycles. The minimum atomic E-state index is 0.311. The van der Waals surface area contributed by atoms with Gasteiger partial charge in [-0.3, -0.25) is 0 Å². The predicted octanol–water partition coefficient (Wildman–Crippen LogP) is 0.999. The van der Waals surface area contributed by atoms with E-state index in [4.69, 9.17) is 5.26 Å². The van der Waals surface area contributed by atoms with Crippen LogP contribution in [-0.4, -0.2) is 23.6 Å². The highest BCUT2D eigenvalue weighted by atomic mass is 15.2. The molecule has 0 bridgehead atoms. The van der Waals surface area contributed by atoms with Crippen LogP contribution in [0, 0.1) is 11.3 Å². The second-order valence-corrected chi connectivity index (χ2v) is 2.76.